The van der Waals surface area contributed by atoms with E-state index in [1.54, 1.807) is 11.5 Å². The van der Waals surface area contributed by atoms with Crippen LogP contribution >= 0.6 is 0 Å². The van der Waals surface area contributed by atoms with Crippen molar-refractivity contribution in [2.24, 2.45) is 0 Å². The van der Waals surface area contributed by atoms with Crippen molar-refractivity contribution in [1.82, 2.24) is 4.57 Å². The second-order valence-electron chi connectivity index (χ2n) is 2.55. The molecule has 0 unspecified atom stereocenters. The summed E-state index contributed by atoms with van der Waals surface area (Å²) in [6.07, 6.45) is 1.84. The molecule has 1 heterocycles. The Labute approximate surface area is 74.2 Å². The van der Waals surface area contributed by atoms with Crippen LogP contribution in [-0.2, 0) is 0 Å². The van der Waals surface area contributed by atoms with Gasteiger partial charge in [-0.25, -0.2) is 0 Å². The van der Waals surface area contributed by atoms with Gasteiger partial charge in [0.1, 0.15) is 0 Å². The molecule has 0 fully saturated rings. The topological polar surface area (TPSA) is 22.0 Å². The number of carbonyl (C=O) groups excluding carboxylic acids is 1. The molecule has 0 amide bonds. The molecule has 0 N–H and O–H groups in total. The molecule has 0 aliphatic heterocycles. The van der Waals surface area contributed by atoms with Gasteiger partial charge in [-0.2, -0.15) is 0 Å². The van der Waals surface area contributed by atoms with E-state index in [0.29, 0.717) is 0 Å². The highest BCUT2D eigenvalue weighted by Gasteiger charge is 2.00. The van der Waals surface area contributed by atoms with E-state index in [1.807, 2.05) is 40.0 Å². The Morgan fingerprint density at radius 1 is 1.33 bits per heavy atom. The molecule has 0 aliphatic rings. The normalized spacial score (nSPS) is 8.75. The third kappa shape index (κ3) is 2.53. The molecule has 0 saturated heterocycles. The van der Waals surface area contributed by atoms with Crippen LogP contribution in [0, 0.1) is 13.8 Å². The molecule has 0 spiro atoms. The zero-order valence-electron chi connectivity index (χ0n) is 8.51. The molecular formula is C10H17NO. The summed E-state index contributed by atoms with van der Waals surface area (Å²) in [5, 5.41) is 0. The van der Waals surface area contributed by atoms with Crippen LogP contribution in [-0.4, -0.2) is 10.5 Å². The van der Waals surface area contributed by atoms with E-state index < -0.39 is 0 Å². The van der Waals surface area contributed by atoms with E-state index in [9.17, 15) is 4.79 Å². The molecule has 68 valence electrons. The molecular weight excluding hydrogens is 150 g/mol. The summed E-state index contributed by atoms with van der Waals surface area (Å²) >= 11 is 0. The zero-order chi connectivity index (χ0) is 9.72. The lowest BCUT2D eigenvalue weighted by Crippen LogP contribution is -2.04. The Morgan fingerprint density at radius 3 is 2.00 bits per heavy atom. The molecule has 0 saturated carbocycles. The van der Waals surface area contributed by atoms with Crippen LogP contribution in [0.3, 0.4) is 0 Å². The van der Waals surface area contributed by atoms with Gasteiger partial charge in [-0.05, 0) is 25.5 Å². The van der Waals surface area contributed by atoms with E-state index in [2.05, 4.69) is 0 Å². The smallest absolute Gasteiger partial charge is 0.227 e. The Bertz CT molecular complexity index is 261. The van der Waals surface area contributed by atoms with E-state index in [0.717, 1.165) is 11.3 Å². The van der Waals surface area contributed by atoms with Crippen LogP contribution in [0.5, 0.6) is 0 Å². The van der Waals surface area contributed by atoms with Crippen LogP contribution in [0.4, 0.5) is 0 Å². The maximum atomic E-state index is 10.8. The molecule has 1 aromatic rings. The summed E-state index contributed by atoms with van der Waals surface area (Å²) < 4.78 is 1.65. The first-order valence-electron chi connectivity index (χ1n) is 4.28. The first-order valence-corrected chi connectivity index (χ1v) is 4.28. The molecule has 0 radical (unpaired) electrons. The second-order valence-corrected chi connectivity index (χ2v) is 2.55. The van der Waals surface area contributed by atoms with Crippen molar-refractivity contribution < 1.29 is 4.79 Å². The Morgan fingerprint density at radius 2 is 1.83 bits per heavy atom. The van der Waals surface area contributed by atoms with E-state index in [1.165, 1.54) is 0 Å². The van der Waals surface area contributed by atoms with Crippen LogP contribution in [0.1, 0.15) is 36.8 Å². The van der Waals surface area contributed by atoms with Gasteiger partial charge < -0.3 is 0 Å². The number of carbonyl (C=O) groups is 1. The summed E-state index contributed by atoms with van der Waals surface area (Å²) in [5.41, 5.74) is 2.14. The number of aromatic nitrogens is 1. The fourth-order valence-corrected chi connectivity index (χ4v) is 1.08. The van der Waals surface area contributed by atoms with Crippen molar-refractivity contribution in [3.63, 3.8) is 0 Å². The molecule has 1 aromatic heterocycles. The standard InChI is InChI=1S/C8H11NO.C2H6/c1-6-4-7(2)9(5-6)8(3)10;1-2/h4-5H,1-3H3;1-2H3. The average Bonchev–Trinajstić information content (AvgIpc) is 2.34. The van der Waals surface area contributed by atoms with Crippen molar-refractivity contribution in [3.8, 4) is 0 Å². The van der Waals surface area contributed by atoms with Gasteiger partial charge in [-0.1, -0.05) is 13.8 Å². The summed E-state index contributed by atoms with van der Waals surface area (Å²) in [4.78, 5) is 10.8. The Kier molecular flexibility index (Phi) is 4.34. The third-order valence-corrected chi connectivity index (χ3v) is 1.49. The van der Waals surface area contributed by atoms with Crippen LogP contribution < -0.4 is 0 Å². The van der Waals surface area contributed by atoms with Gasteiger partial charge in [-0.3, -0.25) is 9.36 Å². The zero-order valence-corrected chi connectivity index (χ0v) is 8.51. The number of aryl methyl sites for hydroxylation is 2. The van der Waals surface area contributed by atoms with Crippen molar-refractivity contribution in [1.29, 1.82) is 0 Å². The van der Waals surface area contributed by atoms with Crippen LogP contribution in [0.15, 0.2) is 12.3 Å². The van der Waals surface area contributed by atoms with Crippen molar-refractivity contribution >= 4 is 5.91 Å². The monoisotopic (exact) mass is 167 g/mol. The highest BCUT2D eigenvalue weighted by Crippen LogP contribution is 2.04. The maximum absolute atomic E-state index is 10.8. The largest absolute Gasteiger partial charge is 0.292 e. The van der Waals surface area contributed by atoms with Gasteiger partial charge in [-0.15, -0.1) is 0 Å². The quantitative estimate of drug-likeness (QED) is 0.582. The van der Waals surface area contributed by atoms with Gasteiger partial charge >= 0.3 is 0 Å². The predicted octanol–water partition coefficient (Wildman–Crippen LogP) is 2.79. The first-order chi connectivity index (χ1) is 5.61. The lowest BCUT2D eigenvalue weighted by molar-refractivity contribution is 0.0934. The average molecular weight is 167 g/mol. The SMILES string of the molecule is CC.CC(=O)n1cc(C)cc1C. The molecule has 1 rings (SSSR count). The second kappa shape index (κ2) is 4.75. The number of hydrogen-bond donors (Lipinski definition) is 0. The fraction of sp³-hybridized carbons (Fsp3) is 0.500. The van der Waals surface area contributed by atoms with Crippen molar-refractivity contribution in [3.05, 3.63) is 23.5 Å². The number of hydrogen-bond acceptors (Lipinski definition) is 1. The van der Waals surface area contributed by atoms with E-state index in [-0.39, 0.29) is 5.91 Å². The van der Waals surface area contributed by atoms with E-state index in [4.69, 9.17) is 0 Å². The summed E-state index contributed by atoms with van der Waals surface area (Å²) in [6, 6.07) is 1.99. The van der Waals surface area contributed by atoms with Gasteiger partial charge in [0.15, 0.2) is 0 Å². The molecule has 0 aliphatic carbocycles. The minimum absolute atomic E-state index is 0.0746. The van der Waals surface area contributed by atoms with Gasteiger partial charge in [0.2, 0.25) is 5.91 Å². The summed E-state index contributed by atoms with van der Waals surface area (Å²) in [6.45, 7) is 9.47. The lowest BCUT2D eigenvalue weighted by atomic mass is 10.4. The maximum Gasteiger partial charge on any atom is 0.227 e. The summed E-state index contributed by atoms with van der Waals surface area (Å²) in [7, 11) is 0. The Balaban J connectivity index is 0.000000561. The molecule has 12 heavy (non-hydrogen) atoms. The molecule has 0 aromatic carbocycles. The van der Waals surface area contributed by atoms with Crippen molar-refractivity contribution in [2.75, 3.05) is 0 Å². The van der Waals surface area contributed by atoms with Crippen molar-refractivity contribution in [2.45, 2.75) is 34.6 Å². The minimum atomic E-state index is 0.0746. The first kappa shape index (κ1) is 11.0. The predicted molar refractivity (Wildman–Crippen MR) is 51.6 cm³/mol. The lowest BCUT2D eigenvalue weighted by Gasteiger charge is -1.96. The molecule has 0 bridgehead atoms. The van der Waals surface area contributed by atoms with E-state index >= 15 is 0 Å². The Hall–Kier alpha value is -1.05. The molecule has 0 atom stereocenters. The molecule has 2 heteroatoms. The highest BCUT2D eigenvalue weighted by molar-refractivity contribution is 5.77. The van der Waals surface area contributed by atoms with Gasteiger partial charge in [0.25, 0.3) is 0 Å². The van der Waals surface area contributed by atoms with Gasteiger partial charge in [0, 0.05) is 18.8 Å². The molecule has 2 nitrogen and oxygen atoms in total. The fourth-order valence-electron chi connectivity index (χ4n) is 1.08. The summed E-state index contributed by atoms with van der Waals surface area (Å²) in [5.74, 6) is 0.0746. The third-order valence-electron chi connectivity index (χ3n) is 1.49. The van der Waals surface area contributed by atoms with Crippen LogP contribution in [0.25, 0.3) is 0 Å². The number of rotatable bonds is 0. The highest BCUT2D eigenvalue weighted by atomic mass is 16.1. The minimum Gasteiger partial charge on any atom is -0.292 e. The van der Waals surface area contributed by atoms with Gasteiger partial charge in [0.05, 0.1) is 0 Å². The number of nitrogens with zero attached hydrogens (tertiary/aromatic N) is 1. The van der Waals surface area contributed by atoms with Crippen LogP contribution in [0.2, 0.25) is 0 Å².